The summed E-state index contributed by atoms with van der Waals surface area (Å²) in [5.41, 5.74) is 0.239. The summed E-state index contributed by atoms with van der Waals surface area (Å²) in [5, 5.41) is 0. The average Bonchev–Trinajstić information content (AvgIpc) is 2.46. The molecule has 0 heterocycles. The predicted molar refractivity (Wildman–Crippen MR) is 77.9 cm³/mol. The lowest BCUT2D eigenvalue weighted by Crippen LogP contribution is -2.11. The zero-order valence-corrected chi connectivity index (χ0v) is 13.2. The van der Waals surface area contributed by atoms with Crippen molar-refractivity contribution in [2.24, 2.45) is 0 Å². The van der Waals surface area contributed by atoms with Crippen molar-refractivity contribution in [3.8, 4) is 0 Å². The lowest BCUT2D eigenvalue weighted by Gasteiger charge is -2.05. The maximum absolute atomic E-state index is 11.6. The number of carbonyl (C=O) groups excluding carboxylic acids is 2. The van der Waals surface area contributed by atoms with Gasteiger partial charge in [0.25, 0.3) is 0 Å². The van der Waals surface area contributed by atoms with Crippen LogP contribution in [0.15, 0.2) is 11.6 Å². The third-order valence-corrected chi connectivity index (χ3v) is 2.62. The normalized spacial score (nSPS) is 11.3. The molecule has 0 aromatic carbocycles. The molecule has 0 aliphatic rings. The third-order valence-electron chi connectivity index (χ3n) is 2.62. The summed E-state index contributed by atoms with van der Waals surface area (Å²) in [7, 11) is 3.25. The second-order valence-electron chi connectivity index (χ2n) is 4.53. The molecule has 6 nitrogen and oxygen atoms in total. The van der Waals surface area contributed by atoms with E-state index in [0.717, 1.165) is 31.8 Å². The molecular weight excluding hydrogens is 276 g/mol. The van der Waals surface area contributed by atoms with Gasteiger partial charge in [-0.25, -0.2) is 9.59 Å². The highest BCUT2D eigenvalue weighted by atomic mass is 16.5. The minimum absolute atomic E-state index is 0.239. The van der Waals surface area contributed by atoms with E-state index >= 15 is 0 Å². The summed E-state index contributed by atoms with van der Waals surface area (Å²) < 4.78 is 19.8. The largest absolute Gasteiger partial charge is 0.463 e. The van der Waals surface area contributed by atoms with Gasteiger partial charge in [0.05, 0.1) is 13.2 Å². The first-order valence-electron chi connectivity index (χ1n) is 7.12. The van der Waals surface area contributed by atoms with Crippen LogP contribution in [0.5, 0.6) is 0 Å². The second-order valence-corrected chi connectivity index (χ2v) is 4.53. The number of methoxy groups -OCH3 is 2. The molecule has 0 aliphatic heterocycles. The van der Waals surface area contributed by atoms with Crippen molar-refractivity contribution in [1.82, 2.24) is 0 Å². The van der Waals surface area contributed by atoms with E-state index in [-0.39, 0.29) is 5.57 Å². The van der Waals surface area contributed by atoms with Crippen LogP contribution in [-0.2, 0) is 28.5 Å². The fraction of sp³-hybridized carbons (Fsp3) is 0.733. The van der Waals surface area contributed by atoms with E-state index in [1.807, 2.05) is 0 Å². The van der Waals surface area contributed by atoms with Gasteiger partial charge in [-0.15, -0.1) is 0 Å². The van der Waals surface area contributed by atoms with Crippen LogP contribution in [0.2, 0.25) is 0 Å². The van der Waals surface area contributed by atoms with Gasteiger partial charge in [0.1, 0.15) is 0 Å². The Morgan fingerprint density at radius 2 is 1.29 bits per heavy atom. The smallest absolute Gasteiger partial charge is 0.333 e. The Kier molecular flexibility index (Phi) is 12.7. The zero-order valence-electron chi connectivity index (χ0n) is 13.2. The van der Waals surface area contributed by atoms with E-state index in [2.05, 4.69) is 0 Å². The molecule has 21 heavy (non-hydrogen) atoms. The first kappa shape index (κ1) is 19.6. The Hall–Kier alpha value is -1.40. The number of hydrogen-bond acceptors (Lipinski definition) is 6. The molecule has 0 spiro atoms. The Bertz CT molecular complexity index is 324. The molecule has 0 fully saturated rings. The molecule has 122 valence electrons. The van der Waals surface area contributed by atoms with E-state index in [1.54, 1.807) is 14.2 Å². The van der Waals surface area contributed by atoms with Crippen molar-refractivity contribution in [3.63, 3.8) is 0 Å². The van der Waals surface area contributed by atoms with Crippen LogP contribution in [0.1, 0.15) is 32.6 Å². The molecule has 6 heteroatoms. The molecule has 0 aromatic rings. The van der Waals surface area contributed by atoms with Crippen molar-refractivity contribution in [2.75, 3.05) is 40.6 Å². The lowest BCUT2D eigenvalue weighted by atomic mass is 10.3. The van der Waals surface area contributed by atoms with Gasteiger partial charge in [-0.3, -0.25) is 0 Å². The first-order valence-corrected chi connectivity index (χ1v) is 7.12. The van der Waals surface area contributed by atoms with Crippen LogP contribution in [0, 0.1) is 0 Å². The number of esters is 2. The molecule has 0 atom stereocenters. The van der Waals surface area contributed by atoms with Gasteiger partial charge >= 0.3 is 11.9 Å². The quantitative estimate of drug-likeness (QED) is 0.311. The van der Waals surface area contributed by atoms with E-state index in [1.165, 1.54) is 6.92 Å². The molecule has 0 unspecified atom stereocenters. The van der Waals surface area contributed by atoms with Crippen LogP contribution in [0.3, 0.4) is 0 Å². The molecule has 0 aromatic heterocycles. The Labute approximate surface area is 126 Å². The van der Waals surface area contributed by atoms with Gasteiger partial charge in [0.2, 0.25) is 0 Å². The maximum atomic E-state index is 11.6. The van der Waals surface area contributed by atoms with Crippen LogP contribution in [0.25, 0.3) is 0 Å². The fourth-order valence-corrected chi connectivity index (χ4v) is 1.43. The van der Waals surface area contributed by atoms with E-state index in [0.29, 0.717) is 26.4 Å². The summed E-state index contributed by atoms with van der Waals surface area (Å²) in [6.07, 6.45) is 4.28. The first-order chi connectivity index (χ1) is 10.1. The minimum atomic E-state index is -0.527. The zero-order chi connectivity index (χ0) is 15.9. The second kappa shape index (κ2) is 13.6. The summed E-state index contributed by atoms with van der Waals surface area (Å²) in [5.74, 6) is -1.02. The number of unbranched alkanes of at least 4 members (excludes halogenated alkanes) is 2. The predicted octanol–water partition coefficient (Wildman–Crippen LogP) is 1.87. The summed E-state index contributed by atoms with van der Waals surface area (Å²) in [6, 6.07) is 0. The monoisotopic (exact) mass is 302 g/mol. The van der Waals surface area contributed by atoms with Crippen molar-refractivity contribution < 1.29 is 28.5 Å². The van der Waals surface area contributed by atoms with Crippen molar-refractivity contribution >= 4 is 11.9 Å². The lowest BCUT2D eigenvalue weighted by molar-refractivity contribution is -0.141. The highest BCUT2D eigenvalue weighted by molar-refractivity contribution is 5.95. The van der Waals surface area contributed by atoms with Crippen molar-refractivity contribution in [2.45, 2.75) is 32.6 Å². The highest BCUT2D eigenvalue weighted by Gasteiger charge is 2.08. The van der Waals surface area contributed by atoms with E-state index in [4.69, 9.17) is 18.9 Å². The molecule has 0 saturated carbocycles. The Morgan fingerprint density at radius 1 is 0.810 bits per heavy atom. The third kappa shape index (κ3) is 12.1. The fourth-order valence-electron chi connectivity index (χ4n) is 1.43. The molecular formula is C15H26O6. The van der Waals surface area contributed by atoms with Crippen LogP contribution in [-0.4, -0.2) is 52.6 Å². The van der Waals surface area contributed by atoms with E-state index < -0.39 is 11.9 Å². The van der Waals surface area contributed by atoms with Crippen molar-refractivity contribution in [3.05, 3.63) is 11.6 Å². The van der Waals surface area contributed by atoms with Gasteiger partial charge in [-0.1, -0.05) is 0 Å². The molecule has 0 radical (unpaired) electrons. The van der Waals surface area contributed by atoms with Crippen LogP contribution >= 0.6 is 0 Å². The van der Waals surface area contributed by atoms with Crippen LogP contribution < -0.4 is 0 Å². The molecule has 0 aliphatic carbocycles. The Balaban J connectivity index is 3.81. The maximum Gasteiger partial charge on any atom is 0.333 e. The molecule has 0 saturated heterocycles. The molecule has 0 rings (SSSR count). The SMILES string of the molecule is COCCCCOC(=O)/C=C(\C)C(=O)OCCCCOC. The number of ether oxygens (including phenoxy) is 4. The summed E-state index contributed by atoms with van der Waals surface area (Å²) in [4.78, 5) is 23.0. The average molecular weight is 302 g/mol. The Morgan fingerprint density at radius 3 is 1.81 bits per heavy atom. The van der Waals surface area contributed by atoms with Gasteiger partial charge < -0.3 is 18.9 Å². The minimum Gasteiger partial charge on any atom is -0.463 e. The van der Waals surface area contributed by atoms with Crippen LogP contribution in [0.4, 0.5) is 0 Å². The van der Waals surface area contributed by atoms with Gasteiger partial charge in [-0.2, -0.15) is 0 Å². The topological polar surface area (TPSA) is 71.1 Å². The molecule has 0 N–H and O–H groups in total. The van der Waals surface area contributed by atoms with E-state index in [9.17, 15) is 9.59 Å². The standard InChI is InChI=1S/C15H26O6/c1-13(15(17)21-11-7-5-9-19-3)12-14(16)20-10-6-4-8-18-2/h12H,4-11H2,1-3H3/b13-12+. The number of carbonyl (C=O) groups is 2. The van der Waals surface area contributed by atoms with Gasteiger partial charge in [0.15, 0.2) is 0 Å². The highest BCUT2D eigenvalue weighted by Crippen LogP contribution is 2.01. The van der Waals surface area contributed by atoms with Crippen molar-refractivity contribution in [1.29, 1.82) is 0 Å². The molecule has 0 amide bonds. The number of rotatable bonds is 12. The summed E-state index contributed by atoms with van der Waals surface area (Å²) in [6.45, 7) is 3.45. The number of hydrogen-bond donors (Lipinski definition) is 0. The summed E-state index contributed by atoms with van der Waals surface area (Å²) >= 11 is 0. The van der Waals surface area contributed by atoms with Gasteiger partial charge in [0, 0.05) is 39.1 Å². The van der Waals surface area contributed by atoms with Gasteiger partial charge in [-0.05, 0) is 32.6 Å². The molecule has 0 bridgehead atoms.